The predicted octanol–water partition coefficient (Wildman–Crippen LogP) is 1.54. The molecule has 3 aromatic rings. The summed E-state index contributed by atoms with van der Waals surface area (Å²) in [6.07, 6.45) is 0. The maximum atomic E-state index is 13.0. The summed E-state index contributed by atoms with van der Waals surface area (Å²) in [6.45, 7) is -0.256. The third kappa shape index (κ3) is 3.64. The van der Waals surface area contributed by atoms with Crippen LogP contribution in [0.1, 0.15) is 0 Å². The number of carbonyl (C=O) groups excluding carboxylic acids is 1. The van der Waals surface area contributed by atoms with Gasteiger partial charge in [0.15, 0.2) is 0 Å². The Bertz CT molecular complexity index is 877. The van der Waals surface area contributed by atoms with E-state index >= 15 is 0 Å². The van der Waals surface area contributed by atoms with Crippen molar-refractivity contribution in [3.8, 4) is 11.3 Å². The number of aromatic nitrogens is 4. The number of nitrogens with zero attached hydrogens (tertiary/aromatic N) is 4. The van der Waals surface area contributed by atoms with E-state index in [-0.39, 0.29) is 12.4 Å². The Morgan fingerprint density at radius 1 is 1.22 bits per heavy atom. The average molecular weight is 331 g/mol. The third-order valence-electron chi connectivity index (χ3n) is 2.91. The summed E-state index contributed by atoms with van der Waals surface area (Å²) in [5.74, 6) is -0.800. The number of carbonyl (C=O) groups is 1. The second-order valence-electron chi connectivity index (χ2n) is 4.51. The summed E-state index contributed by atoms with van der Waals surface area (Å²) in [5, 5.41) is 14.3. The molecule has 0 radical (unpaired) electrons. The molecule has 2 heterocycles. The zero-order valence-corrected chi connectivity index (χ0v) is 12.5. The zero-order chi connectivity index (χ0) is 16.2. The zero-order valence-electron chi connectivity index (χ0n) is 11.6. The fourth-order valence-corrected chi connectivity index (χ4v) is 2.32. The van der Waals surface area contributed by atoms with Crippen LogP contribution in [0.5, 0.6) is 0 Å². The van der Waals surface area contributed by atoms with Crippen molar-refractivity contribution in [2.45, 2.75) is 6.54 Å². The van der Waals surface area contributed by atoms with Gasteiger partial charge < -0.3 is 0 Å². The molecule has 23 heavy (non-hydrogen) atoms. The van der Waals surface area contributed by atoms with Gasteiger partial charge in [-0.25, -0.2) is 9.07 Å². The summed E-state index contributed by atoms with van der Waals surface area (Å²) < 4.78 is 14.0. The molecule has 0 atom stereocenters. The first-order chi connectivity index (χ1) is 11.1. The van der Waals surface area contributed by atoms with Crippen LogP contribution in [0.3, 0.4) is 0 Å². The number of halogens is 1. The Hall–Kier alpha value is -2.94. The van der Waals surface area contributed by atoms with Crippen LogP contribution in [0.4, 0.5) is 9.52 Å². The van der Waals surface area contributed by atoms with E-state index in [1.165, 1.54) is 41.1 Å². The van der Waals surface area contributed by atoms with Crippen LogP contribution in [0.15, 0.2) is 46.7 Å². The molecule has 0 unspecified atom stereocenters. The average Bonchev–Trinajstić information content (AvgIpc) is 3.03. The van der Waals surface area contributed by atoms with E-state index in [9.17, 15) is 14.0 Å². The highest BCUT2D eigenvalue weighted by atomic mass is 32.1. The molecule has 0 aliphatic carbocycles. The molecule has 3 rings (SSSR count). The van der Waals surface area contributed by atoms with E-state index in [1.54, 1.807) is 12.1 Å². The molecule has 2 aromatic heterocycles. The summed E-state index contributed by atoms with van der Waals surface area (Å²) in [7, 11) is 0. The molecule has 0 aliphatic rings. The fraction of sp³-hybridized carbons (Fsp3) is 0.0714. The fourth-order valence-electron chi connectivity index (χ4n) is 1.86. The van der Waals surface area contributed by atoms with E-state index in [2.05, 4.69) is 20.6 Å². The second kappa shape index (κ2) is 6.44. The summed E-state index contributed by atoms with van der Waals surface area (Å²) in [6, 6.07) is 8.53. The standard InChI is InChI=1S/C14H10FN5O2S/c15-10-3-1-9(2-4-10)11-5-6-13(22)20(19-11)7-12(21)17-14-18-16-8-23-14/h1-6,8H,7H2,(H,17,18,21). The number of hydrogen-bond acceptors (Lipinski definition) is 6. The van der Waals surface area contributed by atoms with E-state index in [4.69, 9.17) is 0 Å². The maximum Gasteiger partial charge on any atom is 0.267 e. The van der Waals surface area contributed by atoms with Gasteiger partial charge in [0.2, 0.25) is 11.0 Å². The minimum atomic E-state index is -0.437. The van der Waals surface area contributed by atoms with Gasteiger partial charge in [-0.15, -0.1) is 10.2 Å². The molecule has 0 bridgehead atoms. The van der Waals surface area contributed by atoms with Crippen molar-refractivity contribution < 1.29 is 9.18 Å². The molecule has 0 fully saturated rings. The smallest absolute Gasteiger partial charge is 0.267 e. The maximum absolute atomic E-state index is 13.0. The van der Waals surface area contributed by atoms with Crippen molar-refractivity contribution in [3.05, 3.63) is 58.1 Å². The lowest BCUT2D eigenvalue weighted by molar-refractivity contribution is -0.117. The van der Waals surface area contributed by atoms with Crippen LogP contribution >= 0.6 is 11.3 Å². The number of amides is 1. The summed E-state index contributed by atoms with van der Waals surface area (Å²) >= 11 is 1.17. The molecule has 1 N–H and O–H groups in total. The molecule has 9 heteroatoms. The number of nitrogens with one attached hydrogen (secondary N) is 1. The number of rotatable bonds is 4. The molecular formula is C14H10FN5O2S. The predicted molar refractivity (Wildman–Crippen MR) is 82.4 cm³/mol. The minimum Gasteiger partial charge on any atom is -0.299 e. The van der Waals surface area contributed by atoms with E-state index < -0.39 is 11.5 Å². The van der Waals surface area contributed by atoms with Crippen LogP contribution in [0.2, 0.25) is 0 Å². The largest absolute Gasteiger partial charge is 0.299 e. The van der Waals surface area contributed by atoms with Crippen molar-refractivity contribution >= 4 is 22.4 Å². The lowest BCUT2D eigenvalue weighted by atomic mass is 10.1. The number of benzene rings is 1. The van der Waals surface area contributed by atoms with E-state index in [1.807, 2.05) is 0 Å². The molecule has 0 aliphatic heterocycles. The molecule has 1 amide bonds. The Morgan fingerprint density at radius 3 is 2.70 bits per heavy atom. The van der Waals surface area contributed by atoms with Gasteiger partial charge in [-0.2, -0.15) is 5.10 Å². The molecule has 116 valence electrons. The van der Waals surface area contributed by atoms with Gasteiger partial charge in [0.05, 0.1) is 5.69 Å². The van der Waals surface area contributed by atoms with Gasteiger partial charge in [-0.05, 0) is 30.3 Å². The van der Waals surface area contributed by atoms with Gasteiger partial charge in [0, 0.05) is 11.6 Å². The third-order valence-corrected chi connectivity index (χ3v) is 3.51. The van der Waals surface area contributed by atoms with Crippen LogP contribution < -0.4 is 10.9 Å². The molecule has 0 spiro atoms. The van der Waals surface area contributed by atoms with E-state index in [0.29, 0.717) is 16.4 Å². The highest BCUT2D eigenvalue weighted by Crippen LogP contribution is 2.15. The molecule has 7 nitrogen and oxygen atoms in total. The van der Waals surface area contributed by atoms with Gasteiger partial charge in [-0.3, -0.25) is 14.9 Å². The van der Waals surface area contributed by atoms with Gasteiger partial charge >= 0.3 is 0 Å². The SMILES string of the molecule is O=C(Cn1nc(-c2ccc(F)cc2)ccc1=O)Nc1nncs1. The Labute approximate surface area is 133 Å². The summed E-state index contributed by atoms with van der Waals surface area (Å²) in [5.41, 5.74) is 2.18. The Kier molecular flexibility index (Phi) is 4.20. The van der Waals surface area contributed by atoms with Gasteiger partial charge in [0.1, 0.15) is 17.9 Å². The topological polar surface area (TPSA) is 89.8 Å². The highest BCUT2D eigenvalue weighted by Gasteiger charge is 2.09. The van der Waals surface area contributed by atoms with Crippen molar-refractivity contribution in [2.75, 3.05) is 5.32 Å². The van der Waals surface area contributed by atoms with Crippen LogP contribution in [-0.2, 0) is 11.3 Å². The van der Waals surface area contributed by atoms with Crippen molar-refractivity contribution in [1.82, 2.24) is 20.0 Å². The number of hydrogen-bond donors (Lipinski definition) is 1. The second-order valence-corrected chi connectivity index (χ2v) is 5.35. The van der Waals surface area contributed by atoms with Crippen LogP contribution in [0, 0.1) is 5.82 Å². The van der Waals surface area contributed by atoms with Gasteiger partial charge in [-0.1, -0.05) is 11.3 Å². The quantitative estimate of drug-likeness (QED) is 0.783. The lowest BCUT2D eigenvalue weighted by Crippen LogP contribution is -2.29. The molecular weight excluding hydrogens is 321 g/mol. The minimum absolute atomic E-state index is 0.256. The lowest BCUT2D eigenvalue weighted by Gasteiger charge is -2.07. The molecule has 0 saturated carbocycles. The Balaban J connectivity index is 1.81. The number of anilines is 1. The van der Waals surface area contributed by atoms with E-state index in [0.717, 1.165) is 4.68 Å². The Morgan fingerprint density at radius 2 is 2.00 bits per heavy atom. The monoisotopic (exact) mass is 331 g/mol. The first kappa shape index (κ1) is 15.0. The first-order valence-electron chi connectivity index (χ1n) is 6.52. The van der Waals surface area contributed by atoms with Crippen molar-refractivity contribution in [2.24, 2.45) is 0 Å². The van der Waals surface area contributed by atoms with Crippen molar-refractivity contribution in [1.29, 1.82) is 0 Å². The van der Waals surface area contributed by atoms with Crippen LogP contribution in [0.25, 0.3) is 11.3 Å². The normalized spacial score (nSPS) is 10.5. The van der Waals surface area contributed by atoms with Crippen molar-refractivity contribution in [3.63, 3.8) is 0 Å². The first-order valence-corrected chi connectivity index (χ1v) is 7.40. The summed E-state index contributed by atoms with van der Waals surface area (Å²) in [4.78, 5) is 23.7. The molecule has 1 aromatic carbocycles. The van der Waals surface area contributed by atoms with Gasteiger partial charge in [0.25, 0.3) is 5.56 Å². The molecule has 0 saturated heterocycles. The highest BCUT2D eigenvalue weighted by molar-refractivity contribution is 7.13. The van der Waals surface area contributed by atoms with Crippen LogP contribution in [-0.4, -0.2) is 25.9 Å².